The van der Waals surface area contributed by atoms with Crippen molar-refractivity contribution in [3.63, 3.8) is 0 Å². The second-order valence-electron chi connectivity index (χ2n) is 3.41. The van der Waals surface area contributed by atoms with Crippen LogP contribution in [0.5, 0.6) is 0 Å². The van der Waals surface area contributed by atoms with Crippen LogP contribution in [0, 0.1) is 0 Å². The van der Waals surface area contributed by atoms with Crippen LogP contribution in [-0.2, 0) is 0 Å². The minimum Gasteiger partial charge on any atom is -0.395 e. The second kappa shape index (κ2) is 3.30. The lowest BCUT2D eigenvalue weighted by Crippen LogP contribution is -1.87. The second-order valence-corrected chi connectivity index (χ2v) is 3.41. The molecule has 3 rings (SSSR count). The Hall–Kier alpha value is -2.43. The number of nitrogens with zero attached hydrogens (tertiary/aromatic N) is 4. The quantitative estimate of drug-likeness (QED) is 0.660. The van der Waals surface area contributed by atoms with Crippen LogP contribution in [0.25, 0.3) is 16.8 Å². The van der Waals surface area contributed by atoms with E-state index >= 15 is 0 Å². The molecule has 0 aliphatic rings. The molecule has 78 valence electrons. The molecule has 0 aliphatic carbocycles. The number of nitrogens with two attached hydrogens (primary N) is 1. The lowest BCUT2D eigenvalue weighted by molar-refractivity contribution is 0.925. The highest BCUT2D eigenvalue weighted by molar-refractivity contribution is 5.84. The molecule has 5 nitrogen and oxygen atoms in total. The Balaban J connectivity index is 2.29. The highest BCUT2D eigenvalue weighted by Gasteiger charge is 2.10. The number of anilines is 1. The van der Waals surface area contributed by atoms with Gasteiger partial charge in [0.1, 0.15) is 12.0 Å². The number of hydrogen-bond donors (Lipinski definition) is 1. The maximum absolute atomic E-state index is 6.04. The van der Waals surface area contributed by atoms with Crippen molar-refractivity contribution in [1.82, 2.24) is 19.6 Å². The highest BCUT2D eigenvalue weighted by Crippen LogP contribution is 2.27. The number of pyridine rings is 1. The van der Waals surface area contributed by atoms with Gasteiger partial charge in [0.25, 0.3) is 0 Å². The third-order valence-electron chi connectivity index (χ3n) is 2.43. The fourth-order valence-corrected chi connectivity index (χ4v) is 1.65. The largest absolute Gasteiger partial charge is 0.395 e. The Morgan fingerprint density at radius 1 is 1.00 bits per heavy atom. The zero-order valence-electron chi connectivity index (χ0n) is 8.41. The molecule has 0 saturated carbocycles. The molecule has 0 saturated heterocycles. The van der Waals surface area contributed by atoms with E-state index in [4.69, 9.17) is 5.73 Å². The van der Waals surface area contributed by atoms with Gasteiger partial charge in [-0.15, -0.1) is 0 Å². The molecule has 0 spiro atoms. The average molecular weight is 211 g/mol. The van der Waals surface area contributed by atoms with Crippen LogP contribution in [0.2, 0.25) is 0 Å². The van der Waals surface area contributed by atoms with E-state index in [-0.39, 0.29) is 0 Å². The summed E-state index contributed by atoms with van der Waals surface area (Å²) in [5, 5.41) is 4.38. The first-order chi connectivity index (χ1) is 7.86. The van der Waals surface area contributed by atoms with Crippen molar-refractivity contribution in [3.05, 3.63) is 43.1 Å². The Bertz CT molecular complexity index is 629. The van der Waals surface area contributed by atoms with Gasteiger partial charge in [0.2, 0.25) is 0 Å². The molecule has 3 heterocycles. The molecule has 16 heavy (non-hydrogen) atoms. The number of fused-ring (bicyclic) bond motifs is 1. The maximum Gasteiger partial charge on any atom is 0.117 e. The van der Waals surface area contributed by atoms with Gasteiger partial charge >= 0.3 is 0 Å². The van der Waals surface area contributed by atoms with Crippen LogP contribution in [0.4, 0.5) is 5.69 Å². The van der Waals surface area contributed by atoms with E-state index < -0.39 is 0 Å². The molecule has 0 bridgehead atoms. The standard InChI is InChI=1S/C11H9N5/c12-10-9-3-6-14-7-16(9)15-11(10)8-1-4-13-5-2-8/h1-7H,12H2. The molecule has 0 unspecified atom stereocenters. The monoisotopic (exact) mass is 211 g/mol. The number of rotatable bonds is 1. The van der Waals surface area contributed by atoms with Crippen molar-refractivity contribution in [2.75, 3.05) is 5.73 Å². The molecule has 5 heteroatoms. The van der Waals surface area contributed by atoms with E-state index in [0.29, 0.717) is 5.69 Å². The Labute approximate surface area is 91.6 Å². The zero-order chi connectivity index (χ0) is 11.0. The topological polar surface area (TPSA) is 69.1 Å². The molecule has 0 aromatic carbocycles. The fourth-order valence-electron chi connectivity index (χ4n) is 1.65. The number of aromatic nitrogens is 4. The predicted octanol–water partition coefficient (Wildman–Crippen LogP) is 1.37. The van der Waals surface area contributed by atoms with E-state index in [1.54, 1.807) is 29.4 Å². The van der Waals surface area contributed by atoms with Gasteiger partial charge in [0.15, 0.2) is 0 Å². The van der Waals surface area contributed by atoms with Gasteiger partial charge in [-0.05, 0) is 18.2 Å². The molecule has 0 atom stereocenters. The molecule has 2 N–H and O–H groups in total. The summed E-state index contributed by atoms with van der Waals surface area (Å²) in [6.45, 7) is 0. The molecule has 0 fully saturated rings. The highest BCUT2D eigenvalue weighted by atomic mass is 15.2. The summed E-state index contributed by atoms with van der Waals surface area (Å²) in [6, 6.07) is 5.60. The van der Waals surface area contributed by atoms with Gasteiger partial charge < -0.3 is 5.73 Å². The molecular formula is C11H9N5. The van der Waals surface area contributed by atoms with E-state index in [1.165, 1.54) is 0 Å². The summed E-state index contributed by atoms with van der Waals surface area (Å²) in [5.41, 5.74) is 9.28. The van der Waals surface area contributed by atoms with Crippen molar-refractivity contribution in [2.24, 2.45) is 0 Å². The molecule has 0 amide bonds. The lowest BCUT2D eigenvalue weighted by Gasteiger charge is -1.95. The third-order valence-corrected chi connectivity index (χ3v) is 2.43. The van der Waals surface area contributed by atoms with Crippen LogP contribution in [0.1, 0.15) is 0 Å². The van der Waals surface area contributed by atoms with Crippen LogP contribution in [-0.4, -0.2) is 19.6 Å². The van der Waals surface area contributed by atoms with Crippen molar-refractivity contribution in [3.8, 4) is 11.3 Å². The van der Waals surface area contributed by atoms with Crippen LogP contribution in [0.3, 0.4) is 0 Å². The normalized spacial score (nSPS) is 10.8. The predicted molar refractivity (Wildman–Crippen MR) is 60.6 cm³/mol. The van der Waals surface area contributed by atoms with Crippen LogP contribution in [0.15, 0.2) is 43.1 Å². The van der Waals surface area contributed by atoms with Gasteiger partial charge in [-0.1, -0.05) is 0 Å². The molecule has 0 aliphatic heterocycles. The summed E-state index contributed by atoms with van der Waals surface area (Å²) < 4.78 is 1.67. The summed E-state index contributed by atoms with van der Waals surface area (Å²) in [7, 11) is 0. The first-order valence-electron chi connectivity index (χ1n) is 4.84. The zero-order valence-corrected chi connectivity index (χ0v) is 8.41. The van der Waals surface area contributed by atoms with Crippen molar-refractivity contribution >= 4 is 11.2 Å². The molecule has 3 aromatic heterocycles. The third kappa shape index (κ3) is 1.22. The van der Waals surface area contributed by atoms with Crippen LogP contribution >= 0.6 is 0 Å². The van der Waals surface area contributed by atoms with Gasteiger partial charge in [0.05, 0.1) is 11.2 Å². The Morgan fingerprint density at radius 3 is 2.50 bits per heavy atom. The first kappa shape index (κ1) is 8.84. The SMILES string of the molecule is Nc1c(-c2ccncc2)nn2cnccc12. The van der Waals surface area contributed by atoms with Gasteiger partial charge in [-0.25, -0.2) is 9.50 Å². The fraction of sp³-hybridized carbons (Fsp3) is 0. The van der Waals surface area contributed by atoms with Gasteiger partial charge in [-0.2, -0.15) is 5.10 Å². The summed E-state index contributed by atoms with van der Waals surface area (Å²) in [5.74, 6) is 0. The van der Waals surface area contributed by atoms with Gasteiger partial charge in [-0.3, -0.25) is 4.98 Å². The van der Waals surface area contributed by atoms with Crippen LogP contribution < -0.4 is 5.73 Å². The molecule has 3 aromatic rings. The van der Waals surface area contributed by atoms with Gasteiger partial charge in [0, 0.05) is 24.2 Å². The van der Waals surface area contributed by atoms with E-state index in [1.807, 2.05) is 18.2 Å². The lowest BCUT2D eigenvalue weighted by atomic mass is 10.2. The minimum absolute atomic E-state index is 0.661. The number of hydrogen-bond acceptors (Lipinski definition) is 4. The molecular weight excluding hydrogens is 202 g/mol. The maximum atomic E-state index is 6.04. The van der Waals surface area contributed by atoms with Crippen molar-refractivity contribution in [2.45, 2.75) is 0 Å². The summed E-state index contributed by atoms with van der Waals surface area (Å²) in [6.07, 6.45) is 6.77. The Morgan fingerprint density at radius 2 is 1.75 bits per heavy atom. The Kier molecular flexibility index (Phi) is 1.83. The minimum atomic E-state index is 0.661. The van der Waals surface area contributed by atoms with E-state index in [2.05, 4.69) is 15.1 Å². The first-order valence-corrected chi connectivity index (χ1v) is 4.84. The number of nitrogen functional groups attached to an aromatic ring is 1. The molecule has 0 radical (unpaired) electrons. The van der Waals surface area contributed by atoms with E-state index in [9.17, 15) is 0 Å². The van der Waals surface area contributed by atoms with Crippen molar-refractivity contribution in [1.29, 1.82) is 0 Å². The average Bonchev–Trinajstić information content (AvgIpc) is 2.69. The van der Waals surface area contributed by atoms with Crippen molar-refractivity contribution < 1.29 is 0 Å². The smallest absolute Gasteiger partial charge is 0.117 e. The summed E-state index contributed by atoms with van der Waals surface area (Å²) >= 11 is 0. The van der Waals surface area contributed by atoms with E-state index in [0.717, 1.165) is 16.8 Å². The summed E-state index contributed by atoms with van der Waals surface area (Å²) in [4.78, 5) is 7.96.